The summed E-state index contributed by atoms with van der Waals surface area (Å²) in [5.41, 5.74) is 6.44. The molecule has 0 aliphatic rings. The summed E-state index contributed by atoms with van der Waals surface area (Å²) in [5, 5.41) is 0. The van der Waals surface area contributed by atoms with Crippen molar-refractivity contribution >= 4 is 15.7 Å². The smallest absolute Gasteiger partial charge is 0.246 e. The van der Waals surface area contributed by atoms with Gasteiger partial charge >= 0.3 is 0 Å². The summed E-state index contributed by atoms with van der Waals surface area (Å²) in [7, 11) is -3.89. The molecule has 0 fully saturated rings. The lowest BCUT2D eigenvalue weighted by molar-refractivity contribution is 0.436. The van der Waals surface area contributed by atoms with Crippen molar-refractivity contribution in [3.8, 4) is 0 Å². The van der Waals surface area contributed by atoms with Crippen LogP contribution in [0.1, 0.15) is 18.9 Å². The van der Waals surface area contributed by atoms with E-state index in [1.165, 1.54) is 16.4 Å². The number of anilines is 1. The van der Waals surface area contributed by atoms with Gasteiger partial charge in [-0.25, -0.2) is 12.8 Å². The number of aryl methyl sites for hydroxylation is 1. The van der Waals surface area contributed by atoms with Crippen LogP contribution in [-0.4, -0.2) is 25.8 Å². The summed E-state index contributed by atoms with van der Waals surface area (Å²) in [6, 6.07) is 2.31. The molecule has 0 spiro atoms. The van der Waals surface area contributed by atoms with Gasteiger partial charge in [-0.1, -0.05) is 13.0 Å². The van der Waals surface area contributed by atoms with Crippen LogP contribution in [0.4, 0.5) is 10.1 Å². The van der Waals surface area contributed by atoms with Crippen LogP contribution in [0.2, 0.25) is 0 Å². The molecule has 0 unspecified atom stereocenters. The van der Waals surface area contributed by atoms with Crippen LogP contribution in [0, 0.1) is 12.7 Å². The first-order valence-corrected chi connectivity index (χ1v) is 7.45. The number of nitrogens with zero attached hydrogens (tertiary/aromatic N) is 1. The molecule has 0 saturated heterocycles. The second kappa shape index (κ2) is 6.16. The topological polar surface area (TPSA) is 63.4 Å². The van der Waals surface area contributed by atoms with Crippen LogP contribution in [0.5, 0.6) is 0 Å². The minimum Gasteiger partial charge on any atom is -0.398 e. The van der Waals surface area contributed by atoms with Crippen molar-refractivity contribution in [2.45, 2.75) is 25.2 Å². The number of rotatable bonds is 6. The number of halogens is 1. The van der Waals surface area contributed by atoms with Crippen LogP contribution in [0.25, 0.3) is 0 Å². The van der Waals surface area contributed by atoms with E-state index >= 15 is 0 Å². The summed E-state index contributed by atoms with van der Waals surface area (Å²) in [6.07, 6.45) is 2.11. The van der Waals surface area contributed by atoms with Crippen molar-refractivity contribution in [2.24, 2.45) is 0 Å². The fourth-order valence-electron chi connectivity index (χ4n) is 1.71. The predicted octanol–water partition coefficient (Wildman–Crippen LogP) is 2.30. The molecule has 0 radical (unpaired) electrons. The van der Waals surface area contributed by atoms with Gasteiger partial charge in [0.15, 0.2) is 0 Å². The molecule has 19 heavy (non-hydrogen) atoms. The average Bonchev–Trinajstić information content (AvgIpc) is 2.33. The lowest BCUT2D eigenvalue weighted by Gasteiger charge is -2.20. The zero-order chi connectivity index (χ0) is 14.6. The molecule has 0 aliphatic heterocycles. The fraction of sp³-hybridized carbons (Fsp3) is 0.385. The Morgan fingerprint density at radius 3 is 2.63 bits per heavy atom. The van der Waals surface area contributed by atoms with Crippen LogP contribution >= 0.6 is 0 Å². The second-order valence-electron chi connectivity index (χ2n) is 4.29. The van der Waals surface area contributed by atoms with Gasteiger partial charge in [-0.05, 0) is 31.0 Å². The van der Waals surface area contributed by atoms with Gasteiger partial charge in [-0.3, -0.25) is 0 Å². The second-order valence-corrected chi connectivity index (χ2v) is 6.20. The molecule has 4 nitrogen and oxygen atoms in total. The molecule has 0 bridgehead atoms. The monoisotopic (exact) mass is 286 g/mol. The van der Waals surface area contributed by atoms with E-state index in [-0.39, 0.29) is 17.1 Å². The molecule has 0 amide bonds. The van der Waals surface area contributed by atoms with Crippen molar-refractivity contribution in [3.05, 3.63) is 36.2 Å². The van der Waals surface area contributed by atoms with Gasteiger partial charge in [0, 0.05) is 18.8 Å². The summed E-state index contributed by atoms with van der Waals surface area (Å²) >= 11 is 0. The highest BCUT2D eigenvalue weighted by Gasteiger charge is 2.26. The Morgan fingerprint density at radius 1 is 1.47 bits per heavy atom. The predicted molar refractivity (Wildman–Crippen MR) is 74.8 cm³/mol. The Hall–Kier alpha value is -1.40. The van der Waals surface area contributed by atoms with Crippen molar-refractivity contribution in [3.63, 3.8) is 0 Å². The first kappa shape index (κ1) is 15.7. The van der Waals surface area contributed by atoms with Gasteiger partial charge in [0.1, 0.15) is 10.7 Å². The van der Waals surface area contributed by atoms with Crippen molar-refractivity contribution in [1.82, 2.24) is 4.31 Å². The maximum atomic E-state index is 13.9. The van der Waals surface area contributed by atoms with Gasteiger partial charge in [-0.2, -0.15) is 4.31 Å². The lowest BCUT2D eigenvalue weighted by atomic mass is 10.2. The van der Waals surface area contributed by atoms with Crippen LogP contribution in [0.15, 0.2) is 29.7 Å². The SMILES string of the molecule is C=CCN(CCC)S(=O)(=O)c1cc(N)c(C)cc1F. The standard InChI is InChI=1S/C13H19FN2O2S/c1-4-6-16(7-5-2)19(17,18)13-9-12(15)10(3)8-11(13)14/h4,8-9H,1,5-7,15H2,2-3H3. The molecule has 106 valence electrons. The molecule has 1 aromatic carbocycles. The van der Waals surface area contributed by atoms with Crippen LogP contribution < -0.4 is 5.73 Å². The minimum absolute atomic E-state index is 0.142. The number of nitrogen functional groups attached to an aromatic ring is 1. The first-order chi connectivity index (χ1) is 8.84. The molecular formula is C13H19FN2O2S. The third kappa shape index (κ3) is 3.33. The number of nitrogens with two attached hydrogens (primary N) is 1. The third-order valence-electron chi connectivity index (χ3n) is 2.74. The Bertz CT molecular complexity index is 570. The van der Waals surface area contributed by atoms with Gasteiger partial charge in [0.05, 0.1) is 0 Å². The zero-order valence-electron chi connectivity index (χ0n) is 11.2. The van der Waals surface area contributed by atoms with E-state index in [1.807, 2.05) is 6.92 Å². The van der Waals surface area contributed by atoms with Gasteiger partial charge in [-0.15, -0.1) is 6.58 Å². The van der Waals surface area contributed by atoms with E-state index < -0.39 is 15.8 Å². The van der Waals surface area contributed by atoms with E-state index in [2.05, 4.69) is 6.58 Å². The quantitative estimate of drug-likeness (QED) is 0.644. The molecule has 1 aromatic rings. The number of hydrogen-bond acceptors (Lipinski definition) is 3. The van der Waals surface area contributed by atoms with E-state index in [9.17, 15) is 12.8 Å². The van der Waals surface area contributed by atoms with Gasteiger partial charge in [0.25, 0.3) is 0 Å². The average molecular weight is 286 g/mol. The molecule has 0 saturated carbocycles. The Kier molecular flexibility index (Phi) is 5.08. The molecule has 2 N–H and O–H groups in total. The Morgan fingerprint density at radius 2 is 2.11 bits per heavy atom. The van der Waals surface area contributed by atoms with Crippen LogP contribution in [0.3, 0.4) is 0 Å². The summed E-state index contributed by atoms with van der Waals surface area (Å²) < 4.78 is 39.8. The van der Waals surface area contributed by atoms with Crippen molar-refractivity contribution in [1.29, 1.82) is 0 Å². The lowest BCUT2D eigenvalue weighted by Crippen LogP contribution is -2.32. The highest BCUT2D eigenvalue weighted by molar-refractivity contribution is 7.89. The minimum atomic E-state index is -3.89. The van der Waals surface area contributed by atoms with E-state index in [1.54, 1.807) is 6.92 Å². The van der Waals surface area contributed by atoms with Crippen molar-refractivity contribution < 1.29 is 12.8 Å². The zero-order valence-corrected chi connectivity index (χ0v) is 12.0. The number of hydrogen-bond donors (Lipinski definition) is 1. The molecule has 0 aromatic heterocycles. The fourth-order valence-corrected chi connectivity index (χ4v) is 3.29. The van der Waals surface area contributed by atoms with Crippen LogP contribution in [-0.2, 0) is 10.0 Å². The highest BCUT2D eigenvalue weighted by atomic mass is 32.2. The number of benzene rings is 1. The molecule has 0 atom stereocenters. The molecular weight excluding hydrogens is 267 g/mol. The van der Waals surface area contributed by atoms with Crippen molar-refractivity contribution in [2.75, 3.05) is 18.8 Å². The van der Waals surface area contributed by atoms with Gasteiger partial charge in [0.2, 0.25) is 10.0 Å². The summed E-state index contributed by atoms with van der Waals surface area (Å²) in [4.78, 5) is -0.383. The van der Waals surface area contributed by atoms with E-state index in [0.29, 0.717) is 18.5 Å². The molecule has 6 heteroatoms. The third-order valence-corrected chi connectivity index (χ3v) is 4.62. The van der Waals surface area contributed by atoms with Gasteiger partial charge < -0.3 is 5.73 Å². The Labute approximate surface area is 113 Å². The Balaban J connectivity index is 3.32. The maximum Gasteiger partial charge on any atom is 0.246 e. The maximum absolute atomic E-state index is 13.9. The summed E-state index contributed by atoms with van der Waals surface area (Å²) in [5.74, 6) is -0.781. The molecule has 1 rings (SSSR count). The number of sulfonamides is 1. The largest absolute Gasteiger partial charge is 0.398 e. The molecule has 0 aliphatic carbocycles. The van der Waals surface area contributed by atoms with E-state index in [4.69, 9.17) is 5.73 Å². The molecule has 0 heterocycles. The normalized spacial score (nSPS) is 11.8. The van der Waals surface area contributed by atoms with E-state index in [0.717, 1.165) is 6.07 Å². The summed E-state index contributed by atoms with van der Waals surface area (Å²) in [6.45, 7) is 7.45. The highest BCUT2D eigenvalue weighted by Crippen LogP contribution is 2.24. The first-order valence-electron chi connectivity index (χ1n) is 6.01.